The van der Waals surface area contributed by atoms with Crippen molar-refractivity contribution in [1.82, 2.24) is 10.3 Å². The molecule has 0 bridgehead atoms. The van der Waals surface area contributed by atoms with Crippen molar-refractivity contribution in [2.24, 2.45) is 5.41 Å². The van der Waals surface area contributed by atoms with E-state index in [9.17, 15) is 14.4 Å². The van der Waals surface area contributed by atoms with Gasteiger partial charge in [0.25, 0.3) is 17.7 Å². The van der Waals surface area contributed by atoms with Gasteiger partial charge in [0.2, 0.25) is 0 Å². The fraction of sp³-hybridized carbons (Fsp3) is 0.317. The predicted molar refractivity (Wildman–Crippen MR) is 198 cm³/mol. The lowest BCUT2D eigenvalue weighted by atomic mass is 9.77. The largest absolute Gasteiger partial charge is 0.381 e. The zero-order valence-corrected chi connectivity index (χ0v) is 29.0. The van der Waals surface area contributed by atoms with Gasteiger partial charge in [0.05, 0.1) is 21.8 Å². The Morgan fingerprint density at radius 1 is 0.960 bits per heavy atom. The van der Waals surface area contributed by atoms with Gasteiger partial charge in [-0.3, -0.25) is 19.4 Å². The normalized spacial score (nSPS) is 18.1. The first-order valence-corrected chi connectivity index (χ1v) is 18.3. The molecule has 254 valence electrons. The maximum absolute atomic E-state index is 14.0. The van der Waals surface area contributed by atoms with Gasteiger partial charge in [0.15, 0.2) is 0 Å². The summed E-state index contributed by atoms with van der Waals surface area (Å²) in [6.07, 6.45) is 12.9. The van der Waals surface area contributed by atoms with Crippen LogP contribution in [0.2, 0.25) is 0 Å². The number of carbonyl (C=O) groups is 3. The highest BCUT2D eigenvalue weighted by molar-refractivity contribution is 7.15. The van der Waals surface area contributed by atoms with E-state index in [0.29, 0.717) is 40.7 Å². The Morgan fingerprint density at radius 2 is 1.76 bits per heavy atom. The SMILES string of the molecule is Cc1cnc(C2=CCC3(CCOCC3)C2)c(C(=O)Nc2ccc(C(=O)N3CCC(c4ccc(C(=O)NC5CC5)s4)=Cc4ccccc43)cc2)c1. The molecule has 50 heavy (non-hydrogen) atoms. The fourth-order valence-electron chi connectivity index (χ4n) is 7.29. The number of allylic oxidation sites excluding steroid dienone is 2. The lowest BCUT2D eigenvalue weighted by Crippen LogP contribution is -2.32. The average Bonchev–Trinajstić information content (AvgIpc) is 3.71. The number of nitrogens with one attached hydrogen (secondary N) is 2. The molecule has 9 heteroatoms. The number of pyridine rings is 1. The monoisotopic (exact) mass is 684 g/mol. The first kappa shape index (κ1) is 32.4. The van der Waals surface area contributed by atoms with Crippen LogP contribution in [0.3, 0.4) is 0 Å². The van der Waals surface area contributed by atoms with Crippen LogP contribution in [0.15, 0.2) is 79.0 Å². The van der Waals surface area contributed by atoms with Crippen molar-refractivity contribution < 1.29 is 19.1 Å². The molecule has 2 N–H and O–H groups in total. The zero-order chi connectivity index (χ0) is 34.2. The van der Waals surface area contributed by atoms with Crippen LogP contribution in [0.25, 0.3) is 17.2 Å². The molecule has 2 aromatic heterocycles. The molecule has 1 saturated carbocycles. The van der Waals surface area contributed by atoms with E-state index in [0.717, 1.165) is 90.3 Å². The van der Waals surface area contributed by atoms with E-state index in [1.165, 1.54) is 11.3 Å². The van der Waals surface area contributed by atoms with Gasteiger partial charge in [-0.1, -0.05) is 24.3 Å². The molecule has 3 amide bonds. The third-order valence-electron chi connectivity index (χ3n) is 10.3. The quantitative estimate of drug-likeness (QED) is 0.205. The number of anilines is 2. The molecule has 8 rings (SSSR count). The number of ether oxygens (including phenoxy) is 1. The number of rotatable bonds is 7. The summed E-state index contributed by atoms with van der Waals surface area (Å²) < 4.78 is 5.62. The van der Waals surface area contributed by atoms with Gasteiger partial charge < -0.3 is 20.3 Å². The highest BCUT2D eigenvalue weighted by Crippen LogP contribution is 2.48. The van der Waals surface area contributed by atoms with E-state index in [4.69, 9.17) is 9.72 Å². The van der Waals surface area contributed by atoms with Gasteiger partial charge in [-0.15, -0.1) is 11.3 Å². The van der Waals surface area contributed by atoms with Crippen LogP contribution in [-0.2, 0) is 4.74 Å². The molecule has 4 heterocycles. The van der Waals surface area contributed by atoms with Crippen LogP contribution < -0.4 is 15.5 Å². The number of hydrogen-bond donors (Lipinski definition) is 2. The number of thiophene rings is 1. The van der Waals surface area contributed by atoms with E-state index >= 15 is 0 Å². The fourth-order valence-corrected chi connectivity index (χ4v) is 8.25. The Morgan fingerprint density at radius 3 is 2.56 bits per heavy atom. The molecular formula is C41H40N4O4S. The van der Waals surface area contributed by atoms with Gasteiger partial charge in [-0.2, -0.15) is 0 Å². The highest BCUT2D eigenvalue weighted by atomic mass is 32.1. The van der Waals surface area contributed by atoms with Gasteiger partial charge in [-0.25, -0.2) is 0 Å². The molecular weight excluding hydrogens is 645 g/mol. The number of hydrogen-bond acceptors (Lipinski definition) is 6. The molecule has 4 aromatic rings. The topological polar surface area (TPSA) is 101 Å². The summed E-state index contributed by atoms with van der Waals surface area (Å²) in [6.45, 7) is 4.01. The van der Waals surface area contributed by atoms with Gasteiger partial charge in [-0.05, 0) is 134 Å². The van der Waals surface area contributed by atoms with Crippen LogP contribution in [0.5, 0.6) is 0 Å². The smallest absolute Gasteiger partial charge is 0.261 e. The minimum atomic E-state index is -0.217. The van der Waals surface area contributed by atoms with E-state index in [1.807, 2.05) is 60.5 Å². The summed E-state index contributed by atoms with van der Waals surface area (Å²) in [4.78, 5) is 48.6. The van der Waals surface area contributed by atoms with E-state index in [1.54, 1.807) is 24.3 Å². The van der Waals surface area contributed by atoms with Crippen molar-refractivity contribution in [1.29, 1.82) is 0 Å². The summed E-state index contributed by atoms with van der Waals surface area (Å²) >= 11 is 1.50. The zero-order valence-electron chi connectivity index (χ0n) is 28.2. The third kappa shape index (κ3) is 6.67. The van der Waals surface area contributed by atoms with Crippen molar-refractivity contribution in [2.75, 3.05) is 30.0 Å². The number of aromatic nitrogens is 1. The summed E-state index contributed by atoms with van der Waals surface area (Å²) in [7, 11) is 0. The lowest BCUT2D eigenvalue weighted by Gasteiger charge is -2.33. The van der Waals surface area contributed by atoms with Crippen LogP contribution in [-0.4, -0.2) is 48.5 Å². The predicted octanol–water partition coefficient (Wildman–Crippen LogP) is 8.16. The van der Waals surface area contributed by atoms with E-state index in [2.05, 4.69) is 22.8 Å². The standard InChI is InChI=1S/C41H40N4O4S/c1-26-22-33(37(42-25-26)30-14-16-41(24-30)17-20-49-21-18-41)38(46)43-31-8-6-27(7-9-31)40(48)45-19-15-29(23-28-4-2-3-5-34(28)45)35-12-13-36(50-35)39(47)44-32-10-11-32/h2-9,12-14,22-23,25,32H,10-11,15-21,24H2,1H3,(H,43,46)(H,44,47). The van der Waals surface area contributed by atoms with Crippen molar-refractivity contribution in [3.05, 3.63) is 117 Å². The summed E-state index contributed by atoms with van der Waals surface area (Å²) in [5.41, 5.74) is 7.62. The van der Waals surface area contributed by atoms with Crippen molar-refractivity contribution in [2.45, 2.75) is 57.9 Å². The first-order chi connectivity index (χ1) is 24.3. The van der Waals surface area contributed by atoms with Crippen LogP contribution in [0.4, 0.5) is 11.4 Å². The van der Waals surface area contributed by atoms with Gasteiger partial charge in [0, 0.05) is 48.1 Å². The van der Waals surface area contributed by atoms with E-state index in [-0.39, 0.29) is 23.1 Å². The third-order valence-corrected chi connectivity index (χ3v) is 11.5. The second-order valence-electron chi connectivity index (χ2n) is 14.0. The molecule has 0 radical (unpaired) electrons. The van der Waals surface area contributed by atoms with Crippen molar-refractivity contribution in [3.63, 3.8) is 0 Å². The Labute approximate surface area is 296 Å². The number of para-hydroxylation sites is 1. The molecule has 4 aliphatic rings. The average molecular weight is 685 g/mol. The van der Waals surface area contributed by atoms with Gasteiger partial charge >= 0.3 is 0 Å². The molecule has 0 atom stereocenters. The van der Waals surface area contributed by atoms with Crippen molar-refractivity contribution >= 4 is 57.7 Å². The Bertz CT molecular complexity index is 2040. The number of fused-ring (bicyclic) bond motifs is 1. The summed E-state index contributed by atoms with van der Waals surface area (Å²) in [5, 5.41) is 6.12. The molecule has 8 nitrogen and oxygen atoms in total. The number of benzene rings is 2. The molecule has 2 fully saturated rings. The van der Waals surface area contributed by atoms with Crippen LogP contribution >= 0.6 is 11.3 Å². The van der Waals surface area contributed by atoms with Crippen LogP contribution in [0, 0.1) is 12.3 Å². The second-order valence-corrected chi connectivity index (χ2v) is 15.1. The Balaban J connectivity index is 0.965. The highest BCUT2D eigenvalue weighted by Gasteiger charge is 2.37. The minimum absolute atomic E-state index is 0.0134. The molecule has 1 spiro atoms. The lowest BCUT2D eigenvalue weighted by molar-refractivity contribution is 0.0217. The maximum Gasteiger partial charge on any atom is 0.261 e. The van der Waals surface area contributed by atoms with Crippen molar-refractivity contribution in [3.8, 4) is 0 Å². The number of carbonyl (C=O) groups excluding carboxylic acids is 3. The van der Waals surface area contributed by atoms with Crippen LogP contribution in [0.1, 0.15) is 97.0 Å². The molecule has 2 aliphatic heterocycles. The Hall–Kier alpha value is -4.86. The molecule has 1 saturated heterocycles. The number of nitrogens with zero attached hydrogens (tertiary/aromatic N) is 2. The minimum Gasteiger partial charge on any atom is -0.381 e. The van der Waals surface area contributed by atoms with E-state index < -0.39 is 0 Å². The molecule has 2 aromatic carbocycles. The molecule has 2 aliphatic carbocycles. The first-order valence-electron chi connectivity index (χ1n) is 17.5. The van der Waals surface area contributed by atoms with Gasteiger partial charge in [0.1, 0.15) is 0 Å². The number of aryl methyl sites for hydroxylation is 1. The summed E-state index contributed by atoms with van der Waals surface area (Å²) in [5.74, 6) is -0.340. The maximum atomic E-state index is 14.0. The second kappa shape index (κ2) is 13.5. The summed E-state index contributed by atoms with van der Waals surface area (Å²) in [6, 6.07) is 21.1. The Kier molecular flexibility index (Phi) is 8.70. The molecule has 0 unspecified atom stereocenters. The number of amides is 3.